The largest absolute Gasteiger partial charge is 0.152 e. The molecule has 5 aliphatic rings. The van der Waals surface area contributed by atoms with Crippen LogP contribution < -0.4 is 0 Å². The molecule has 1 heterocycles. The Labute approximate surface area is 234 Å². The van der Waals surface area contributed by atoms with Crippen LogP contribution in [-0.4, -0.2) is 0 Å². The van der Waals surface area contributed by atoms with E-state index in [0.29, 0.717) is 0 Å². The molecule has 0 unspecified atom stereocenters. The summed E-state index contributed by atoms with van der Waals surface area (Å²) in [5, 5.41) is 0. The Kier molecular flexibility index (Phi) is 5.03. The quantitative estimate of drug-likeness (QED) is 0.224. The van der Waals surface area contributed by atoms with Gasteiger partial charge in [0.15, 0.2) is 0 Å². The highest BCUT2D eigenvalue weighted by atomic mass is 32.2. The fourth-order valence-corrected chi connectivity index (χ4v) is 10.5. The number of rotatable bonds is 0. The normalized spacial score (nSPS) is 18.1. The molecule has 0 radical (unpaired) electrons. The summed E-state index contributed by atoms with van der Waals surface area (Å²) < 4.78 is 0. The van der Waals surface area contributed by atoms with Gasteiger partial charge in [-0.25, -0.2) is 0 Å². The highest BCUT2D eigenvalue weighted by Gasteiger charge is 2.31. The van der Waals surface area contributed by atoms with E-state index in [1.807, 2.05) is 0 Å². The Morgan fingerprint density at radius 2 is 0.658 bits per heavy atom. The molecule has 188 valence electrons. The minimum Gasteiger partial charge on any atom is -0.152 e. The second-order valence-electron chi connectivity index (χ2n) is 11.9. The maximum absolute atomic E-state index is 2.64. The van der Waals surface area contributed by atoms with E-state index in [2.05, 4.69) is 72.1 Å². The van der Waals surface area contributed by atoms with Gasteiger partial charge in [0.05, 0.1) is 0 Å². The molecule has 1 aliphatic heterocycles. The van der Waals surface area contributed by atoms with Crippen LogP contribution >= 0.6 is 23.5 Å². The third-order valence-corrected chi connectivity index (χ3v) is 12.1. The first kappa shape index (κ1) is 22.4. The Hall–Kier alpha value is -2.42. The fourth-order valence-electron chi connectivity index (χ4n) is 8.40. The lowest BCUT2D eigenvalue weighted by Crippen LogP contribution is -2.18. The first-order valence-corrected chi connectivity index (χ1v) is 16.8. The first-order valence-electron chi connectivity index (χ1n) is 14.5. The molecule has 0 fully saturated rings. The topological polar surface area (TPSA) is 0 Å². The smallest absolute Gasteiger partial charge is 0.0190 e. The van der Waals surface area contributed by atoms with Crippen molar-refractivity contribution in [3.05, 3.63) is 115 Å². The van der Waals surface area contributed by atoms with E-state index >= 15 is 0 Å². The van der Waals surface area contributed by atoms with Crippen LogP contribution in [0.1, 0.15) is 66.8 Å². The molecule has 4 aromatic carbocycles. The van der Waals surface area contributed by atoms with Crippen LogP contribution in [0.3, 0.4) is 0 Å². The molecule has 0 nitrogen and oxygen atoms in total. The Morgan fingerprint density at radius 1 is 0.342 bits per heavy atom. The zero-order chi connectivity index (χ0) is 24.8. The average Bonchev–Trinajstić information content (AvgIpc) is 2.95. The van der Waals surface area contributed by atoms with Crippen LogP contribution in [0, 0.1) is 0 Å². The van der Waals surface area contributed by atoms with Gasteiger partial charge in [0.25, 0.3) is 0 Å². The molecule has 0 saturated heterocycles. The third kappa shape index (κ3) is 3.20. The molecule has 0 amide bonds. The maximum atomic E-state index is 2.64. The highest BCUT2D eigenvalue weighted by Crippen LogP contribution is 2.49. The molecule has 4 aliphatic carbocycles. The van der Waals surface area contributed by atoms with Crippen LogP contribution in [0.15, 0.2) is 48.5 Å². The predicted octanol–water partition coefficient (Wildman–Crippen LogP) is 8.60. The van der Waals surface area contributed by atoms with Crippen molar-refractivity contribution in [3.63, 3.8) is 0 Å². The van der Waals surface area contributed by atoms with Crippen LogP contribution in [-0.2, 0) is 74.4 Å². The van der Waals surface area contributed by atoms with Gasteiger partial charge in [-0.2, -0.15) is 23.5 Å². The van der Waals surface area contributed by atoms with Gasteiger partial charge < -0.3 is 0 Å². The van der Waals surface area contributed by atoms with Crippen molar-refractivity contribution in [2.45, 2.75) is 74.4 Å². The van der Waals surface area contributed by atoms with Crippen molar-refractivity contribution in [1.29, 1.82) is 0 Å². The van der Waals surface area contributed by atoms with Crippen molar-refractivity contribution in [1.82, 2.24) is 0 Å². The second kappa shape index (κ2) is 8.54. The average molecular weight is 529 g/mol. The van der Waals surface area contributed by atoms with E-state index in [1.54, 1.807) is 89.0 Å². The van der Waals surface area contributed by atoms with E-state index in [-0.39, 0.29) is 0 Å². The van der Waals surface area contributed by atoms with E-state index in [0.717, 1.165) is 23.0 Å². The Balaban J connectivity index is 1.18. The maximum Gasteiger partial charge on any atom is 0.0190 e. The molecule has 2 heteroatoms. The van der Waals surface area contributed by atoms with Crippen molar-refractivity contribution in [3.8, 4) is 22.3 Å². The van der Waals surface area contributed by atoms with Crippen molar-refractivity contribution in [2.24, 2.45) is 0 Å². The van der Waals surface area contributed by atoms with Gasteiger partial charge in [0.2, 0.25) is 0 Å². The van der Waals surface area contributed by atoms with E-state index in [1.165, 1.54) is 51.4 Å². The summed E-state index contributed by atoms with van der Waals surface area (Å²) in [6, 6.07) is 19.5. The summed E-state index contributed by atoms with van der Waals surface area (Å²) in [5.74, 6) is 4.58. The SMILES string of the molecule is c1cc2c3c(c1)CCc1c4cc(c(c1-3)CC2)CSCc1cc(c2c3c1CCc1cccc(c1-3)CC2)CSC4. The van der Waals surface area contributed by atoms with Gasteiger partial charge in [-0.3, -0.25) is 0 Å². The summed E-state index contributed by atoms with van der Waals surface area (Å²) >= 11 is 4.34. The first-order chi connectivity index (χ1) is 18.8. The fraction of sp³-hybridized carbons (Fsp3) is 0.333. The predicted molar refractivity (Wildman–Crippen MR) is 163 cm³/mol. The molecular weight excluding hydrogens is 497 g/mol. The van der Waals surface area contributed by atoms with Crippen LogP contribution in [0.4, 0.5) is 0 Å². The molecule has 9 rings (SSSR count). The molecule has 0 spiro atoms. The molecular formula is C36H32S2. The van der Waals surface area contributed by atoms with Crippen LogP contribution in [0.5, 0.6) is 0 Å². The van der Waals surface area contributed by atoms with Gasteiger partial charge in [0.1, 0.15) is 0 Å². The zero-order valence-electron chi connectivity index (χ0n) is 21.9. The summed E-state index contributed by atoms with van der Waals surface area (Å²) in [7, 11) is 0. The molecule has 4 aromatic rings. The summed E-state index contributed by atoms with van der Waals surface area (Å²) in [6.45, 7) is 0. The number of hydrogen-bond donors (Lipinski definition) is 0. The van der Waals surface area contributed by atoms with Gasteiger partial charge in [0, 0.05) is 23.0 Å². The van der Waals surface area contributed by atoms with Gasteiger partial charge >= 0.3 is 0 Å². The lowest BCUT2D eigenvalue weighted by Gasteiger charge is -2.34. The monoisotopic (exact) mass is 528 g/mol. The highest BCUT2D eigenvalue weighted by molar-refractivity contribution is 7.98. The van der Waals surface area contributed by atoms with E-state index < -0.39 is 0 Å². The lowest BCUT2D eigenvalue weighted by molar-refractivity contribution is 0.858. The number of thioether (sulfide) groups is 2. The molecule has 0 aromatic heterocycles. The van der Waals surface area contributed by atoms with Crippen molar-refractivity contribution >= 4 is 23.5 Å². The minimum atomic E-state index is 1.14. The second-order valence-corrected chi connectivity index (χ2v) is 13.9. The molecule has 4 bridgehead atoms. The number of aryl methyl sites for hydroxylation is 4. The summed E-state index contributed by atoms with van der Waals surface area (Å²) in [5.41, 5.74) is 26.2. The van der Waals surface area contributed by atoms with Gasteiger partial charge in [-0.15, -0.1) is 0 Å². The van der Waals surface area contributed by atoms with Crippen LogP contribution in [0.2, 0.25) is 0 Å². The Bertz CT molecular complexity index is 1440. The Morgan fingerprint density at radius 3 is 0.974 bits per heavy atom. The minimum absolute atomic E-state index is 1.14. The van der Waals surface area contributed by atoms with Crippen LogP contribution in [0.25, 0.3) is 22.3 Å². The third-order valence-electron chi connectivity index (χ3n) is 10.0. The van der Waals surface area contributed by atoms with Gasteiger partial charge in [-0.05, 0) is 140 Å². The number of benzene rings is 4. The molecule has 0 saturated carbocycles. The molecule has 38 heavy (non-hydrogen) atoms. The van der Waals surface area contributed by atoms with E-state index in [4.69, 9.17) is 0 Å². The van der Waals surface area contributed by atoms with Crippen molar-refractivity contribution in [2.75, 3.05) is 0 Å². The number of hydrogen-bond acceptors (Lipinski definition) is 2. The standard InChI is InChI=1S/C36H32S2/c1-3-21-7-11-29-25-15-26(30-12-8-22(4-1)33(21)35(29)30)18-38-20-28-16-27(19-37-17-25)31-13-9-23-5-2-6-24-10-14-32(28)36(31)34(23)24/h1-6,15-16H,7-14,17-20H2. The lowest BCUT2D eigenvalue weighted by atomic mass is 9.73. The zero-order valence-corrected chi connectivity index (χ0v) is 23.6. The summed E-state index contributed by atoms with van der Waals surface area (Å²) in [4.78, 5) is 0. The molecule has 0 atom stereocenters. The van der Waals surface area contributed by atoms with Gasteiger partial charge in [-0.1, -0.05) is 48.5 Å². The number of fused-ring (bicyclic) bond motifs is 8. The van der Waals surface area contributed by atoms with E-state index in [9.17, 15) is 0 Å². The van der Waals surface area contributed by atoms with Crippen molar-refractivity contribution < 1.29 is 0 Å². The summed E-state index contributed by atoms with van der Waals surface area (Å²) in [6.07, 6.45) is 9.71. The molecule has 0 N–H and O–H groups in total.